The number of hydrogen-bond donors (Lipinski definition) is 1. The fourth-order valence-electron chi connectivity index (χ4n) is 2.71. The first-order valence-corrected chi connectivity index (χ1v) is 8.59. The number of hydrogen-bond acceptors (Lipinski definition) is 5. The zero-order chi connectivity index (χ0) is 12.7. The number of aliphatic hydroxyl groups is 1. The van der Waals surface area contributed by atoms with Gasteiger partial charge in [0.2, 0.25) is 0 Å². The summed E-state index contributed by atoms with van der Waals surface area (Å²) in [5, 5.41) is 11.8. The van der Waals surface area contributed by atoms with Crippen LogP contribution in [0.4, 0.5) is 5.13 Å². The molecule has 1 aliphatic carbocycles. The molecule has 0 radical (unpaired) electrons. The minimum absolute atomic E-state index is 0.328. The molecule has 100 valence electrons. The predicted octanol–water partition coefficient (Wildman–Crippen LogP) is 2.84. The normalized spacial score (nSPS) is 32.4. The maximum Gasteiger partial charge on any atom is 0.186 e. The zero-order valence-electron chi connectivity index (χ0n) is 10.9. The van der Waals surface area contributed by atoms with Crippen LogP contribution >= 0.6 is 23.1 Å². The second-order valence-corrected chi connectivity index (χ2v) is 7.77. The number of thioether (sulfide) groups is 1. The van der Waals surface area contributed by atoms with Crippen molar-refractivity contribution in [3.05, 3.63) is 10.6 Å². The number of fused-ring (bicyclic) bond motifs is 1. The molecule has 18 heavy (non-hydrogen) atoms. The molecule has 5 heteroatoms. The van der Waals surface area contributed by atoms with Gasteiger partial charge in [-0.3, -0.25) is 0 Å². The lowest BCUT2D eigenvalue weighted by Crippen LogP contribution is -2.44. The topological polar surface area (TPSA) is 36.4 Å². The van der Waals surface area contributed by atoms with Crippen molar-refractivity contribution in [3.63, 3.8) is 0 Å². The first-order valence-electron chi connectivity index (χ1n) is 6.72. The van der Waals surface area contributed by atoms with E-state index in [9.17, 15) is 5.11 Å². The molecule has 0 aromatic carbocycles. The summed E-state index contributed by atoms with van der Waals surface area (Å²) in [5.74, 6) is 1.18. The molecule has 1 aliphatic heterocycles. The minimum Gasteiger partial charge on any atom is -0.387 e. The molecule has 2 heterocycles. The Hall–Kier alpha value is -0.260. The summed E-state index contributed by atoms with van der Waals surface area (Å²) in [4.78, 5) is 8.46. The van der Waals surface area contributed by atoms with Gasteiger partial charge in [-0.05, 0) is 26.2 Å². The number of nitrogens with zero attached hydrogens (tertiary/aromatic N) is 2. The third kappa shape index (κ3) is 2.17. The quantitative estimate of drug-likeness (QED) is 0.860. The van der Waals surface area contributed by atoms with Gasteiger partial charge < -0.3 is 10.0 Å². The standard InChI is InChI=1S/C13H20N2OS2/c1-8-9(2)17-7-6-15(8)13-14-12-10(16)4-3-5-11(12)18-13/h8-10,16H,3-7H2,1-2H3. The van der Waals surface area contributed by atoms with Gasteiger partial charge in [0.15, 0.2) is 5.13 Å². The van der Waals surface area contributed by atoms with Crippen LogP contribution in [0.2, 0.25) is 0 Å². The molecule has 1 aromatic heterocycles. The van der Waals surface area contributed by atoms with E-state index < -0.39 is 0 Å². The Morgan fingerprint density at radius 1 is 1.39 bits per heavy atom. The summed E-state index contributed by atoms with van der Waals surface area (Å²) >= 11 is 3.84. The molecule has 1 saturated heterocycles. The second-order valence-electron chi connectivity index (χ2n) is 5.22. The third-order valence-electron chi connectivity index (χ3n) is 4.04. The van der Waals surface area contributed by atoms with Crippen molar-refractivity contribution in [1.29, 1.82) is 0 Å². The van der Waals surface area contributed by atoms with Crippen LogP contribution in [0.1, 0.15) is 43.4 Å². The summed E-state index contributed by atoms with van der Waals surface area (Å²) in [6.07, 6.45) is 2.73. The van der Waals surface area contributed by atoms with Gasteiger partial charge in [-0.1, -0.05) is 6.92 Å². The van der Waals surface area contributed by atoms with Crippen LogP contribution in [0.5, 0.6) is 0 Å². The monoisotopic (exact) mass is 284 g/mol. The summed E-state index contributed by atoms with van der Waals surface area (Å²) < 4.78 is 0. The number of anilines is 1. The summed E-state index contributed by atoms with van der Waals surface area (Å²) in [5.41, 5.74) is 0.958. The SMILES string of the molecule is CC1SCCN(c2nc3c(s2)CCCC3O)C1C. The van der Waals surface area contributed by atoms with Gasteiger partial charge in [-0.15, -0.1) is 11.3 Å². The van der Waals surface area contributed by atoms with Crippen molar-refractivity contribution in [2.45, 2.75) is 50.5 Å². The molecule has 0 amide bonds. The number of aryl methyl sites for hydroxylation is 1. The number of thiazole rings is 1. The van der Waals surface area contributed by atoms with Crippen molar-refractivity contribution in [2.24, 2.45) is 0 Å². The minimum atomic E-state index is -0.328. The van der Waals surface area contributed by atoms with E-state index >= 15 is 0 Å². The number of aliphatic hydroxyl groups excluding tert-OH is 1. The van der Waals surface area contributed by atoms with Crippen molar-refractivity contribution < 1.29 is 5.11 Å². The molecule has 0 bridgehead atoms. The van der Waals surface area contributed by atoms with Crippen LogP contribution in [0.25, 0.3) is 0 Å². The van der Waals surface area contributed by atoms with E-state index in [1.807, 2.05) is 11.8 Å². The number of aromatic nitrogens is 1. The van der Waals surface area contributed by atoms with Crippen LogP contribution in [0, 0.1) is 0 Å². The van der Waals surface area contributed by atoms with Crippen LogP contribution in [-0.2, 0) is 6.42 Å². The summed E-state index contributed by atoms with van der Waals surface area (Å²) in [6.45, 7) is 5.66. The van der Waals surface area contributed by atoms with E-state index in [1.54, 1.807) is 11.3 Å². The molecule has 0 spiro atoms. The highest BCUT2D eigenvalue weighted by Crippen LogP contribution is 2.39. The fraction of sp³-hybridized carbons (Fsp3) is 0.769. The molecule has 1 fully saturated rings. The Kier molecular flexibility index (Phi) is 3.56. The average molecular weight is 284 g/mol. The first kappa shape index (κ1) is 12.8. The van der Waals surface area contributed by atoms with Gasteiger partial charge in [0, 0.05) is 28.5 Å². The maximum atomic E-state index is 10.0. The van der Waals surface area contributed by atoms with Crippen LogP contribution in [-0.4, -0.2) is 33.7 Å². The summed E-state index contributed by atoms with van der Waals surface area (Å²) in [6, 6.07) is 0.536. The molecule has 3 nitrogen and oxygen atoms in total. The van der Waals surface area contributed by atoms with E-state index in [0.29, 0.717) is 11.3 Å². The molecule has 3 rings (SSSR count). The molecule has 3 atom stereocenters. The van der Waals surface area contributed by atoms with Crippen molar-refractivity contribution in [2.75, 3.05) is 17.2 Å². The van der Waals surface area contributed by atoms with Crippen LogP contribution in [0.3, 0.4) is 0 Å². The van der Waals surface area contributed by atoms with Gasteiger partial charge in [0.25, 0.3) is 0 Å². The highest BCUT2D eigenvalue weighted by molar-refractivity contribution is 8.00. The Morgan fingerprint density at radius 3 is 3.00 bits per heavy atom. The lowest BCUT2D eigenvalue weighted by atomic mass is 10.0. The fourth-order valence-corrected chi connectivity index (χ4v) is 5.08. The Morgan fingerprint density at radius 2 is 2.22 bits per heavy atom. The maximum absolute atomic E-state index is 10.0. The van der Waals surface area contributed by atoms with Crippen molar-refractivity contribution in [1.82, 2.24) is 4.98 Å². The van der Waals surface area contributed by atoms with Gasteiger partial charge in [0.05, 0.1) is 11.8 Å². The van der Waals surface area contributed by atoms with Crippen molar-refractivity contribution in [3.8, 4) is 0 Å². The molecule has 3 unspecified atom stereocenters. The molecule has 2 aliphatic rings. The molecule has 1 N–H and O–H groups in total. The van der Waals surface area contributed by atoms with E-state index in [4.69, 9.17) is 4.98 Å². The Labute approximate surface area is 117 Å². The van der Waals surface area contributed by atoms with Gasteiger partial charge in [0.1, 0.15) is 0 Å². The Balaban J connectivity index is 1.88. The van der Waals surface area contributed by atoms with Crippen LogP contribution in [0.15, 0.2) is 0 Å². The average Bonchev–Trinajstić information content (AvgIpc) is 2.78. The van der Waals surface area contributed by atoms with Gasteiger partial charge >= 0.3 is 0 Å². The smallest absolute Gasteiger partial charge is 0.186 e. The highest BCUT2D eigenvalue weighted by Gasteiger charge is 2.30. The highest BCUT2D eigenvalue weighted by atomic mass is 32.2. The van der Waals surface area contributed by atoms with Crippen molar-refractivity contribution >= 4 is 28.2 Å². The molecular weight excluding hydrogens is 264 g/mol. The van der Waals surface area contributed by atoms with Crippen LogP contribution < -0.4 is 4.90 Å². The van der Waals surface area contributed by atoms with Gasteiger partial charge in [-0.25, -0.2) is 4.98 Å². The molecule has 0 saturated carbocycles. The molecule has 1 aromatic rings. The largest absolute Gasteiger partial charge is 0.387 e. The van der Waals surface area contributed by atoms with E-state index in [1.165, 1.54) is 10.6 Å². The zero-order valence-corrected chi connectivity index (χ0v) is 12.6. The Bertz CT molecular complexity index is 435. The number of rotatable bonds is 1. The third-order valence-corrected chi connectivity index (χ3v) is 6.55. The van der Waals surface area contributed by atoms with E-state index in [-0.39, 0.29) is 6.10 Å². The molecular formula is C13H20N2OS2. The van der Waals surface area contributed by atoms with E-state index in [0.717, 1.165) is 36.6 Å². The van der Waals surface area contributed by atoms with Gasteiger partial charge in [-0.2, -0.15) is 11.8 Å². The second kappa shape index (κ2) is 5.02. The lowest BCUT2D eigenvalue weighted by Gasteiger charge is -2.37. The summed E-state index contributed by atoms with van der Waals surface area (Å²) in [7, 11) is 0. The predicted molar refractivity (Wildman–Crippen MR) is 78.7 cm³/mol. The first-order chi connectivity index (χ1) is 8.66. The lowest BCUT2D eigenvalue weighted by molar-refractivity contribution is 0.153. The van der Waals surface area contributed by atoms with E-state index in [2.05, 4.69) is 18.7 Å².